The molecule has 13 rings (SSSR count). The third-order valence-electron chi connectivity index (χ3n) is 12.1. The Morgan fingerprint density at radius 3 is 1.45 bits per heavy atom. The van der Waals surface area contributed by atoms with Gasteiger partial charge in [-0.15, -0.1) is 0 Å². The first-order valence-electron chi connectivity index (χ1n) is 18.1. The standard InChI is InChI=1S/C47H30N2O2/c1-4-24-40-42-38-27-15-7-11-19-33(27)50-35(38)21-29-26-14-6-10-18-32(26)49(45(29)42)47(40)37(23(2)3)41-43-39-28-16-8-12-20-34(28)51-36(39)22-30-25-13-5-9-17-31(25)48(44(24)41)46(30)43/h5-23H,4H2,1-3H3. The molecule has 4 heteroatoms. The van der Waals surface area contributed by atoms with E-state index in [-0.39, 0.29) is 5.92 Å². The molecule has 6 heterocycles. The van der Waals surface area contributed by atoms with Crippen molar-refractivity contribution in [3.05, 3.63) is 120 Å². The Kier molecular flexibility index (Phi) is 4.54. The molecule has 13 aromatic rings. The minimum Gasteiger partial charge on any atom is -0.456 e. The molecule has 4 nitrogen and oxygen atoms in total. The molecule has 0 aliphatic rings. The third-order valence-corrected chi connectivity index (χ3v) is 12.1. The lowest BCUT2D eigenvalue weighted by Gasteiger charge is -2.16. The summed E-state index contributed by atoms with van der Waals surface area (Å²) in [4.78, 5) is 0. The molecule has 0 saturated heterocycles. The zero-order valence-electron chi connectivity index (χ0n) is 28.4. The van der Waals surface area contributed by atoms with Gasteiger partial charge in [0.2, 0.25) is 0 Å². The van der Waals surface area contributed by atoms with Crippen LogP contribution in [0.15, 0.2) is 118 Å². The number of hydrogen-bond donors (Lipinski definition) is 0. The van der Waals surface area contributed by atoms with Crippen LogP contribution in [0.1, 0.15) is 37.8 Å². The smallest absolute Gasteiger partial charge is 0.136 e. The molecule has 6 aromatic heterocycles. The average molecular weight is 655 g/mol. The second-order valence-electron chi connectivity index (χ2n) is 14.8. The van der Waals surface area contributed by atoms with Gasteiger partial charge in [0.15, 0.2) is 0 Å². The summed E-state index contributed by atoms with van der Waals surface area (Å²) in [6.45, 7) is 7.11. The fraction of sp³-hybridized carbons (Fsp3) is 0.106. The van der Waals surface area contributed by atoms with E-state index in [1.54, 1.807) is 0 Å². The predicted molar refractivity (Wildman–Crippen MR) is 214 cm³/mol. The SMILES string of the molecule is CCc1c2c3c4c(cc5c6ccccc6n(c2c(C(C)C)c2c6c7c(cc8c9ccccc9n(c12)c86)oc1ccccc17)c53)oc1ccccc14. The van der Waals surface area contributed by atoms with Crippen molar-refractivity contribution in [3.8, 4) is 0 Å². The van der Waals surface area contributed by atoms with Crippen molar-refractivity contribution >= 4 is 120 Å². The lowest BCUT2D eigenvalue weighted by atomic mass is 9.88. The highest BCUT2D eigenvalue weighted by Crippen LogP contribution is 2.54. The number of benzene rings is 7. The van der Waals surface area contributed by atoms with Crippen LogP contribution in [0.3, 0.4) is 0 Å². The van der Waals surface area contributed by atoms with Crippen LogP contribution >= 0.6 is 0 Å². The van der Waals surface area contributed by atoms with Gasteiger partial charge in [-0.05, 0) is 59.9 Å². The van der Waals surface area contributed by atoms with E-state index < -0.39 is 0 Å². The molecule has 0 unspecified atom stereocenters. The summed E-state index contributed by atoms with van der Waals surface area (Å²) in [5.41, 5.74) is 14.3. The molecule has 0 fully saturated rings. The summed E-state index contributed by atoms with van der Waals surface area (Å²) in [5, 5.41) is 15.1. The van der Waals surface area contributed by atoms with Crippen LogP contribution in [0.5, 0.6) is 0 Å². The molecule has 51 heavy (non-hydrogen) atoms. The minimum atomic E-state index is 0.236. The van der Waals surface area contributed by atoms with Crippen molar-refractivity contribution < 1.29 is 8.83 Å². The molecular weight excluding hydrogens is 625 g/mol. The van der Waals surface area contributed by atoms with Crippen molar-refractivity contribution in [3.63, 3.8) is 0 Å². The first-order valence-corrected chi connectivity index (χ1v) is 18.1. The van der Waals surface area contributed by atoms with Crippen molar-refractivity contribution in [1.29, 1.82) is 0 Å². The lowest BCUT2D eigenvalue weighted by molar-refractivity contribution is 0.669. The van der Waals surface area contributed by atoms with E-state index in [2.05, 4.69) is 139 Å². The summed E-state index contributed by atoms with van der Waals surface area (Å²) in [7, 11) is 0. The maximum Gasteiger partial charge on any atom is 0.136 e. The van der Waals surface area contributed by atoms with Crippen LogP contribution in [0.4, 0.5) is 0 Å². The maximum absolute atomic E-state index is 6.71. The van der Waals surface area contributed by atoms with Gasteiger partial charge in [0, 0.05) is 64.6 Å². The number of aryl methyl sites for hydroxylation is 1. The Labute approximate surface area is 290 Å². The summed E-state index contributed by atoms with van der Waals surface area (Å²) in [6.07, 6.45) is 0.886. The van der Waals surface area contributed by atoms with Gasteiger partial charge in [0.1, 0.15) is 22.3 Å². The summed E-state index contributed by atoms with van der Waals surface area (Å²) < 4.78 is 18.6. The summed E-state index contributed by atoms with van der Waals surface area (Å²) in [5.74, 6) is 0.236. The molecule has 0 amide bonds. The van der Waals surface area contributed by atoms with E-state index in [1.165, 1.54) is 109 Å². The normalized spacial score (nSPS) is 13.3. The van der Waals surface area contributed by atoms with Crippen LogP contribution in [-0.4, -0.2) is 8.80 Å². The van der Waals surface area contributed by atoms with Crippen LogP contribution in [0.2, 0.25) is 0 Å². The van der Waals surface area contributed by atoms with Crippen LogP contribution in [0, 0.1) is 0 Å². The van der Waals surface area contributed by atoms with Gasteiger partial charge in [-0.2, -0.15) is 0 Å². The topological polar surface area (TPSA) is 35.1 Å². The van der Waals surface area contributed by atoms with Gasteiger partial charge < -0.3 is 17.6 Å². The molecule has 0 spiro atoms. The molecule has 240 valence electrons. The Bertz CT molecular complexity index is 3650. The zero-order chi connectivity index (χ0) is 33.4. The minimum absolute atomic E-state index is 0.236. The van der Waals surface area contributed by atoms with Crippen LogP contribution in [-0.2, 0) is 6.42 Å². The molecule has 0 radical (unpaired) electrons. The van der Waals surface area contributed by atoms with E-state index in [9.17, 15) is 0 Å². The number of nitrogens with zero attached hydrogens (tertiary/aromatic N) is 2. The van der Waals surface area contributed by atoms with E-state index in [0.717, 1.165) is 28.8 Å². The Morgan fingerprint density at radius 1 is 0.451 bits per heavy atom. The molecule has 0 aliphatic carbocycles. The first-order chi connectivity index (χ1) is 25.1. The van der Waals surface area contributed by atoms with Gasteiger partial charge in [-0.1, -0.05) is 93.6 Å². The van der Waals surface area contributed by atoms with E-state index >= 15 is 0 Å². The van der Waals surface area contributed by atoms with E-state index in [1.807, 2.05) is 0 Å². The largest absolute Gasteiger partial charge is 0.456 e. The van der Waals surface area contributed by atoms with Crippen molar-refractivity contribution in [2.24, 2.45) is 0 Å². The van der Waals surface area contributed by atoms with Gasteiger partial charge in [0.05, 0.1) is 33.1 Å². The van der Waals surface area contributed by atoms with Crippen molar-refractivity contribution in [2.45, 2.75) is 33.1 Å². The molecule has 7 aromatic carbocycles. The Morgan fingerprint density at radius 2 is 0.922 bits per heavy atom. The Hall–Kier alpha value is -6.26. The molecular formula is C47H30N2O2. The highest BCUT2D eigenvalue weighted by atomic mass is 16.3. The van der Waals surface area contributed by atoms with Crippen molar-refractivity contribution in [1.82, 2.24) is 8.80 Å². The first kappa shape index (κ1) is 26.6. The predicted octanol–water partition coefficient (Wildman–Crippen LogP) is 13.5. The molecule has 0 atom stereocenters. The third kappa shape index (κ3) is 2.84. The number of rotatable bonds is 2. The second-order valence-corrected chi connectivity index (χ2v) is 14.8. The lowest BCUT2D eigenvalue weighted by Crippen LogP contribution is -1.99. The van der Waals surface area contributed by atoms with Gasteiger partial charge >= 0.3 is 0 Å². The number of aromatic nitrogens is 2. The zero-order valence-corrected chi connectivity index (χ0v) is 28.4. The molecule has 0 bridgehead atoms. The van der Waals surface area contributed by atoms with E-state index in [4.69, 9.17) is 8.83 Å². The quantitative estimate of drug-likeness (QED) is 0.186. The number of fused-ring (bicyclic) bond motifs is 20. The highest BCUT2D eigenvalue weighted by Gasteiger charge is 2.32. The fourth-order valence-corrected chi connectivity index (χ4v) is 10.3. The molecule has 0 aliphatic heterocycles. The van der Waals surface area contributed by atoms with E-state index in [0.29, 0.717) is 0 Å². The molecule has 0 N–H and O–H groups in total. The number of furan rings is 2. The number of hydrogen-bond acceptors (Lipinski definition) is 2. The van der Waals surface area contributed by atoms with Crippen LogP contribution in [0.25, 0.3) is 120 Å². The molecule has 0 saturated carbocycles. The average Bonchev–Trinajstić information content (AvgIpc) is 3.99. The van der Waals surface area contributed by atoms with Gasteiger partial charge in [0.25, 0.3) is 0 Å². The van der Waals surface area contributed by atoms with Gasteiger partial charge in [-0.3, -0.25) is 0 Å². The summed E-state index contributed by atoms with van der Waals surface area (Å²) in [6, 6.07) is 39.6. The Balaban J connectivity index is 1.46. The second kappa shape index (κ2) is 8.72. The highest BCUT2D eigenvalue weighted by molar-refractivity contribution is 6.40. The van der Waals surface area contributed by atoms with Crippen molar-refractivity contribution in [2.75, 3.05) is 0 Å². The maximum atomic E-state index is 6.71. The van der Waals surface area contributed by atoms with Crippen LogP contribution < -0.4 is 0 Å². The number of para-hydroxylation sites is 4. The monoisotopic (exact) mass is 654 g/mol. The fourth-order valence-electron chi connectivity index (χ4n) is 10.3. The van der Waals surface area contributed by atoms with Gasteiger partial charge in [-0.25, -0.2) is 0 Å². The summed E-state index contributed by atoms with van der Waals surface area (Å²) >= 11 is 0.